The van der Waals surface area contributed by atoms with Gasteiger partial charge in [-0.3, -0.25) is 4.99 Å². The number of rotatable bonds is 3. The molecule has 0 aromatic heterocycles. The summed E-state index contributed by atoms with van der Waals surface area (Å²) in [6, 6.07) is 42.1. The highest BCUT2D eigenvalue weighted by molar-refractivity contribution is 6.25. The molecule has 6 aromatic carbocycles. The molecule has 9 rings (SSSR count). The third kappa shape index (κ3) is 4.06. The van der Waals surface area contributed by atoms with E-state index in [0.717, 1.165) is 36.4 Å². The maximum atomic E-state index is 6.53. The normalized spacial score (nSPS) is 22.6. The second kappa shape index (κ2) is 9.84. The van der Waals surface area contributed by atoms with E-state index in [0.29, 0.717) is 5.92 Å². The summed E-state index contributed by atoms with van der Waals surface area (Å²) >= 11 is 0. The number of nitrogens with zero attached hydrogens (tertiary/aromatic N) is 1. The fourth-order valence-electron chi connectivity index (χ4n) is 7.55. The molecule has 6 aromatic rings. The molecule has 3 nitrogen and oxygen atoms in total. The second-order valence-corrected chi connectivity index (χ2v) is 12.2. The number of nitrogens with one attached hydrogen (secondary N) is 1. The molecule has 3 heteroatoms. The van der Waals surface area contributed by atoms with Crippen LogP contribution in [0, 0.1) is 0 Å². The molecule has 1 N–H and O–H groups in total. The van der Waals surface area contributed by atoms with Gasteiger partial charge in [0.15, 0.2) is 0 Å². The summed E-state index contributed by atoms with van der Waals surface area (Å²) in [7, 11) is 0. The van der Waals surface area contributed by atoms with Crippen LogP contribution in [0.25, 0.3) is 32.3 Å². The van der Waals surface area contributed by atoms with Crippen LogP contribution in [0.4, 0.5) is 0 Å². The molecule has 0 saturated carbocycles. The summed E-state index contributed by atoms with van der Waals surface area (Å²) in [6.07, 6.45) is 8.01. The van der Waals surface area contributed by atoms with Crippen molar-refractivity contribution >= 4 is 38.2 Å². The van der Waals surface area contributed by atoms with E-state index in [2.05, 4.69) is 133 Å². The first-order chi connectivity index (χ1) is 21.3. The average Bonchev–Trinajstić information content (AvgIpc) is 3.45. The van der Waals surface area contributed by atoms with Gasteiger partial charge in [-0.25, -0.2) is 0 Å². The Kier molecular flexibility index (Phi) is 5.65. The lowest BCUT2D eigenvalue weighted by atomic mass is 9.85. The van der Waals surface area contributed by atoms with Crippen LogP contribution in [-0.2, 0) is 0 Å². The first-order valence-corrected chi connectivity index (χ1v) is 15.5. The Bertz CT molecular complexity index is 2080. The van der Waals surface area contributed by atoms with Crippen LogP contribution in [0.3, 0.4) is 0 Å². The van der Waals surface area contributed by atoms with Crippen molar-refractivity contribution in [2.75, 3.05) is 0 Å². The van der Waals surface area contributed by atoms with Gasteiger partial charge in [-0.1, -0.05) is 109 Å². The van der Waals surface area contributed by atoms with Crippen molar-refractivity contribution in [3.05, 3.63) is 150 Å². The molecular formula is C40H32N2O. The number of amidine groups is 1. The van der Waals surface area contributed by atoms with Crippen molar-refractivity contribution in [1.82, 2.24) is 5.32 Å². The van der Waals surface area contributed by atoms with E-state index in [-0.39, 0.29) is 18.2 Å². The van der Waals surface area contributed by atoms with Crippen LogP contribution >= 0.6 is 0 Å². The molecule has 0 spiro atoms. The van der Waals surface area contributed by atoms with Gasteiger partial charge in [-0.15, -0.1) is 0 Å². The van der Waals surface area contributed by atoms with E-state index in [1.165, 1.54) is 49.0 Å². The summed E-state index contributed by atoms with van der Waals surface area (Å²) in [5, 5.41) is 11.5. The molecule has 208 valence electrons. The van der Waals surface area contributed by atoms with E-state index in [1.54, 1.807) is 0 Å². The topological polar surface area (TPSA) is 33.6 Å². The quantitative estimate of drug-likeness (QED) is 0.174. The smallest absolute Gasteiger partial charge is 0.129 e. The van der Waals surface area contributed by atoms with Gasteiger partial charge in [0, 0.05) is 17.0 Å². The largest absolute Gasteiger partial charge is 0.489 e. The Labute approximate surface area is 251 Å². The third-order valence-corrected chi connectivity index (χ3v) is 9.68. The summed E-state index contributed by atoms with van der Waals surface area (Å²) in [6.45, 7) is 0. The van der Waals surface area contributed by atoms with E-state index in [9.17, 15) is 0 Å². The van der Waals surface area contributed by atoms with Gasteiger partial charge < -0.3 is 10.1 Å². The highest BCUT2D eigenvalue weighted by atomic mass is 16.5. The van der Waals surface area contributed by atoms with Gasteiger partial charge in [-0.05, 0) is 80.9 Å². The average molecular weight is 557 g/mol. The summed E-state index contributed by atoms with van der Waals surface area (Å²) in [5.74, 6) is 2.37. The van der Waals surface area contributed by atoms with Gasteiger partial charge in [0.1, 0.15) is 17.7 Å². The first kappa shape index (κ1) is 24.7. The number of ether oxygens (including phenoxy) is 1. The molecule has 1 aliphatic carbocycles. The van der Waals surface area contributed by atoms with Crippen molar-refractivity contribution in [1.29, 1.82) is 0 Å². The molecule has 0 radical (unpaired) electrons. The van der Waals surface area contributed by atoms with Gasteiger partial charge in [-0.2, -0.15) is 0 Å². The van der Waals surface area contributed by atoms with Gasteiger partial charge in [0.25, 0.3) is 0 Å². The lowest BCUT2D eigenvalue weighted by Gasteiger charge is -2.31. The van der Waals surface area contributed by atoms with Crippen LogP contribution < -0.4 is 10.1 Å². The molecule has 0 saturated heterocycles. The number of aliphatic imine (C=N–C) groups is 1. The molecule has 4 unspecified atom stereocenters. The predicted molar refractivity (Wildman–Crippen MR) is 177 cm³/mol. The summed E-state index contributed by atoms with van der Waals surface area (Å²) in [5.41, 5.74) is 4.99. The zero-order valence-electron chi connectivity index (χ0n) is 23.9. The van der Waals surface area contributed by atoms with Gasteiger partial charge >= 0.3 is 0 Å². The maximum absolute atomic E-state index is 6.53. The number of fused-ring (bicyclic) bond motifs is 9. The Morgan fingerprint density at radius 3 is 2.16 bits per heavy atom. The Morgan fingerprint density at radius 2 is 1.35 bits per heavy atom. The van der Waals surface area contributed by atoms with Crippen molar-refractivity contribution in [3.63, 3.8) is 0 Å². The van der Waals surface area contributed by atoms with Crippen LogP contribution in [-0.4, -0.2) is 11.9 Å². The van der Waals surface area contributed by atoms with Crippen molar-refractivity contribution < 1.29 is 4.74 Å². The van der Waals surface area contributed by atoms with Crippen molar-refractivity contribution in [3.8, 4) is 5.75 Å². The first-order valence-electron chi connectivity index (χ1n) is 15.5. The fraction of sp³-hybridized carbons (Fsp3) is 0.175. The van der Waals surface area contributed by atoms with Gasteiger partial charge in [0.2, 0.25) is 0 Å². The number of hydrogen-bond donors (Lipinski definition) is 1. The molecule has 3 aliphatic rings. The van der Waals surface area contributed by atoms with Crippen LogP contribution in [0.5, 0.6) is 5.75 Å². The van der Waals surface area contributed by atoms with Gasteiger partial charge in [0.05, 0.1) is 12.1 Å². The number of allylic oxidation sites excluding steroid dienone is 1. The highest BCUT2D eigenvalue weighted by Crippen LogP contribution is 2.47. The molecule has 4 atom stereocenters. The minimum atomic E-state index is 0.0405. The highest BCUT2D eigenvalue weighted by Gasteiger charge is 2.34. The van der Waals surface area contributed by atoms with E-state index in [4.69, 9.17) is 9.73 Å². The Hall–Kier alpha value is -4.89. The predicted octanol–water partition coefficient (Wildman–Crippen LogP) is 9.56. The third-order valence-electron chi connectivity index (χ3n) is 9.68. The van der Waals surface area contributed by atoms with E-state index >= 15 is 0 Å². The van der Waals surface area contributed by atoms with Crippen molar-refractivity contribution in [2.45, 2.75) is 43.4 Å². The molecule has 2 heterocycles. The van der Waals surface area contributed by atoms with Crippen LogP contribution in [0.15, 0.2) is 132 Å². The van der Waals surface area contributed by atoms with Crippen LogP contribution in [0.2, 0.25) is 0 Å². The second-order valence-electron chi connectivity index (χ2n) is 12.2. The van der Waals surface area contributed by atoms with Crippen LogP contribution in [0.1, 0.15) is 59.5 Å². The summed E-state index contributed by atoms with van der Waals surface area (Å²) in [4.78, 5) is 5.31. The Balaban J connectivity index is 1.22. The monoisotopic (exact) mass is 556 g/mol. The lowest BCUT2D eigenvalue weighted by Crippen LogP contribution is -2.34. The standard InChI is InChI=1S/C40H32N2O/c1-3-11-25(12-4-1)36-24-37(42-40(41-36)26-13-5-2-6-14-26)27-19-20-30-32(21-27)28-15-7-8-16-29(28)33-22-35-31-17-9-10-18-38(31)43-39(35)23-34(30)33/h1-9,11-17,19-23,31,36-38H,10,18,24H2,(H,41,42). The van der Waals surface area contributed by atoms with Crippen molar-refractivity contribution in [2.24, 2.45) is 4.99 Å². The molecule has 0 fully saturated rings. The SMILES string of the molecule is C1=CC2c3cc4c5ccccc5c5cc(C6CC(c7ccccc7)NC(c7ccccc7)=N6)ccc5c4cc3OC2CC1. The minimum absolute atomic E-state index is 0.0405. The molecule has 0 amide bonds. The number of hydrogen-bond acceptors (Lipinski definition) is 3. The van der Waals surface area contributed by atoms with E-state index < -0.39 is 0 Å². The maximum Gasteiger partial charge on any atom is 0.129 e. The van der Waals surface area contributed by atoms with E-state index in [1.807, 2.05) is 0 Å². The molecule has 2 aliphatic heterocycles. The zero-order chi connectivity index (χ0) is 28.3. The fourth-order valence-corrected chi connectivity index (χ4v) is 7.55. The summed E-state index contributed by atoms with van der Waals surface area (Å²) < 4.78 is 6.53. The minimum Gasteiger partial charge on any atom is -0.489 e. The molecule has 0 bridgehead atoms. The Morgan fingerprint density at radius 1 is 0.651 bits per heavy atom. The lowest BCUT2D eigenvalue weighted by molar-refractivity contribution is 0.204. The zero-order valence-corrected chi connectivity index (χ0v) is 23.9. The number of benzene rings is 6. The molecule has 43 heavy (non-hydrogen) atoms. The molecular weight excluding hydrogens is 524 g/mol.